The lowest BCUT2D eigenvalue weighted by molar-refractivity contribution is -0.384. The number of carbonyl (C=O) groups excluding carboxylic acids is 1. The molecule has 3 aromatic carbocycles. The van der Waals surface area contributed by atoms with E-state index in [1.165, 1.54) is 42.9 Å². The van der Waals surface area contributed by atoms with Crippen LogP contribution in [0.25, 0.3) is 11.0 Å². The molecule has 2 saturated carbocycles. The highest BCUT2D eigenvalue weighted by atomic mass is 32.2. The van der Waals surface area contributed by atoms with Gasteiger partial charge in [-0.15, -0.1) is 0 Å². The summed E-state index contributed by atoms with van der Waals surface area (Å²) >= 11 is 0. The number of benzene rings is 3. The third-order valence-corrected chi connectivity index (χ3v) is 18.5. The molecule has 7 heterocycles. The molecule has 5 aliphatic heterocycles. The Morgan fingerprint density at radius 3 is 2.56 bits per heavy atom. The summed E-state index contributed by atoms with van der Waals surface area (Å²) in [5, 5.41) is 26.7. The van der Waals surface area contributed by atoms with Crippen LogP contribution >= 0.6 is 0 Å². The number of hydrogen-bond acceptors (Lipinski definition) is 14. The number of nitro benzene ring substituents is 1. The maximum absolute atomic E-state index is 14.8. The molecule has 7 aliphatic rings. The first kappa shape index (κ1) is 47.1. The molecular weight excluding hydrogens is 937 g/mol. The number of hydrogen-bond donors (Lipinski definition) is 4. The Kier molecular flexibility index (Phi) is 12.1. The topological polar surface area (TPSA) is 205 Å². The molecular formula is C54H64N8O9S. The Labute approximate surface area is 419 Å². The minimum Gasteiger partial charge on any atom is -0.489 e. The average molecular weight is 1000 g/mol. The van der Waals surface area contributed by atoms with E-state index in [1.54, 1.807) is 6.07 Å². The summed E-state index contributed by atoms with van der Waals surface area (Å²) in [5.41, 5.74) is 5.60. The van der Waals surface area contributed by atoms with Crippen molar-refractivity contribution >= 4 is 55.4 Å². The van der Waals surface area contributed by atoms with E-state index in [-0.39, 0.29) is 59.2 Å². The van der Waals surface area contributed by atoms with Crippen LogP contribution in [0.15, 0.2) is 77.8 Å². The number of ether oxygens (including phenoxy) is 3. The van der Waals surface area contributed by atoms with E-state index < -0.39 is 31.4 Å². The summed E-state index contributed by atoms with van der Waals surface area (Å²) in [5.74, 6) is 0.110. The SMILES string of the molecule is CC(C)c1ccccc1[C@@H]1CCCN1C1CC2(CCN(c3ccc(C(=O)NS(=O)(=O)c4cc5c(c([N+](=O)[O-])c4)N[C@H](C4CCC(O)CC4)CO5)c(N4c5cc6cc[nH]c6nc5O[C@H]5CCOC[C@@H]54)c3)CC2)C1. The number of piperidine rings is 1. The second-order valence-corrected chi connectivity index (χ2v) is 23.4. The molecule has 1 spiro atoms. The smallest absolute Gasteiger partial charge is 0.297 e. The summed E-state index contributed by atoms with van der Waals surface area (Å²) in [6, 6.07) is 21.1. The fourth-order valence-electron chi connectivity index (χ4n) is 13.3. The van der Waals surface area contributed by atoms with Gasteiger partial charge in [0.25, 0.3) is 21.6 Å². The number of aromatic amines is 1. The number of nitrogens with zero attached hydrogens (tertiary/aromatic N) is 5. The minimum absolute atomic E-state index is 0.0133. The number of carbonyl (C=O) groups is 1. The van der Waals surface area contributed by atoms with Crippen LogP contribution in [-0.2, 0) is 14.8 Å². The van der Waals surface area contributed by atoms with Gasteiger partial charge in [-0.1, -0.05) is 38.1 Å². The Morgan fingerprint density at radius 2 is 1.76 bits per heavy atom. The molecule has 18 heteroatoms. The second kappa shape index (κ2) is 18.5. The first-order valence-electron chi connectivity index (χ1n) is 26.0. The number of aliphatic hydroxyl groups is 1. The molecule has 380 valence electrons. The number of anilines is 4. The molecule has 3 saturated heterocycles. The van der Waals surface area contributed by atoms with Gasteiger partial charge in [0.2, 0.25) is 5.88 Å². The van der Waals surface area contributed by atoms with E-state index in [4.69, 9.17) is 19.2 Å². The molecule has 17 nitrogen and oxygen atoms in total. The van der Waals surface area contributed by atoms with Gasteiger partial charge in [0.05, 0.1) is 52.5 Å². The van der Waals surface area contributed by atoms with Crippen LogP contribution in [0.4, 0.5) is 28.4 Å². The predicted molar refractivity (Wildman–Crippen MR) is 273 cm³/mol. The minimum atomic E-state index is -4.70. The van der Waals surface area contributed by atoms with Crippen LogP contribution in [0.1, 0.15) is 118 Å². The van der Waals surface area contributed by atoms with Gasteiger partial charge >= 0.3 is 0 Å². The Morgan fingerprint density at radius 1 is 0.958 bits per heavy atom. The summed E-state index contributed by atoms with van der Waals surface area (Å²) in [4.78, 5) is 41.5. The molecule has 2 aromatic heterocycles. The van der Waals surface area contributed by atoms with Crippen LogP contribution in [0.5, 0.6) is 11.6 Å². The maximum Gasteiger partial charge on any atom is 0.297 e. The van der Waals surface area contributed by atoms with Crippen LogP contribution in [0, 0.1) is 21.4 Å². The highest BCUT2D eigenvalue weighted by molar-refractivity contribution is 7.90. The van der Waals surface area contributed by atoms with Crippen LogP contribution < -0.4 is 29.3 Å². The monoisotopic (exact) mass is 1000 g/mol. The molecule has 0 unspecified atom stereocenters. The number of nitro groups is 1. The van der Waals surface area contributed by atoms with Crippen molar-refractivity contribution in [3.05, 3.63) is 99.7 Å². The normalized spacial score (nSPS) is 26.2. The molecule has 0 radical (unpaired) electrons. The van der Waals surface area contributed by atoms with E-state index in [0.29, 0.717) is 73.4 Å². The maximum atomic E-state index is 14.8. The lowest BCUT2D eigenvalue weighted by Crippen LogP contribution is -2.55. The Hall–Kier alpha value is -5.95. The van der Waals surface area contributed by atoms with Crippen molar-refractivity contribution in [1.29, 1.82) is 0 Å². The molecule has 12 rings (SSSR count). The zero-order valence-corrected chi connectivity index (χ0v) is 41.7. The molecule has 4 N–H and O–H groups in total. The lowest BCUT2D eigenvalue weighted by atomic mass is 9.59. The van der Waals surface area contributed by atoms with Crippen LogP contribution in [-0.4, -0.2) is 109 Å². The van der Waals surface area contributed by atoms with Gasteiger partial charge < -0.3 is 39.4 Å². The summed E-state index contributed by atoms with van der Waals surface area (Å²) in [6.07, 6.45) is 11.3. The summed E-state index contributed by atoms with van der Waals surface area (Å²) in [7, 11) is -4.70. The van der Waals surface area contributed by atoms with Gasteiger partial charge in [-0.25, -0.2) is 13.1 Å². The van der Waals surface area contributed by atoms with Gasteiger partial charge in [-0.2, -0.15) is 4.98 Å². The van der Waals surface area contributed by atoms with Crippen molar-refractivity contribution in [2.24, 2.45) is 11.3 Å². The van der Waals surface area contributed by atoms with Gasteiger partial charge in [-0.05, 0) is 129 Å². The molecule has 5 fully saturated rings. The molecule has 2 aliphatic carbocycles. The fraction of sp³-hybridized carbons (Fsp3) is 0.519. The number of aliphatic hydroxyl groups excluding tert-OH is 1. The van der Waals surface area contributed by atoms with Gasteiger partial charge in [0.15, 0.2) is 11.4 Å². The van der Waals surface area contributed by atoms with Gasteiger partial charge in [0, 0.05) is 61.0 Å². The van der Waals surface area contributed by atoms with Crippen molar-refractivity contribution in [3.8, 4) is 11.6 Å². The highest BCUT2D eigenvalue weighted by Crippen LogP contribution is 2.55. The van der Waals surface area contributed by atoms with Crippen molar-refractivity contribution < 1.29 is 37.5 Å². The second-order valence-electron chi connectivity index (χ2n) is 21.8. The third-order valence-electron chi connectivity index (χ3n) is 17.2. The van der Waals surface area contributed by atoms with Crippen LogP contribution in [0.3, 0.4) is 0 Å². The molecule has 0 bridgehead atoms. The number of H-pyrrole nitrogens is 1. The predicted octanol–water partition coefficient (Wildman–Crippen LogP) is 8.71. The molecule has 1 amide bonds. The number of nitrogens with one attached hydrogen (secondary N) is 3. The van der Waals surface area contributed by atoms with E-state index in [2.05, 4.69) is 62.9 Å². The number of rotatable bonds is 10. The first-order valence-corrected chi connectivity index (χ1v) is 27.5. The number of likely N-dealkylation sites (tertiary alicyclic amines) is 1. The van der Waals surface area contributed by atoms with Crippen molar-refractivity contribution in [2.45, 2.75) is 132 Å². The molecule has 5 aromatic rings. The highest BCUT2D eigenvalue weighted by Gasteiger charge is 2.50. The van der Waals surface area contributed by atoms with E-state index in [9.17, 15) is 28.4 Å². The van der Waals surface area contributed by atoms with E-state index in [1.807, 2.05) is 35.4 Å². The number of fused-ring (bicyclic) bond motifs is 4. The standard InChI is InChI=1S/C54H64N8O9S/c1-32(2)39-6-3-4-7-40(39)43-8-5-20-60(43)36-28-54(29-36)17-21-59(22-18-54)35-11-14-41(44(25-35)61-46-24-34-15-19-55-51(34)57-53(46)71-48-16-23-69-31-47(48)61)52(64)58-72(67,68)38-26-45(62(65)66)50-49(27-38)70-30-42(56-50)33-9-12-37(63)13-10-33/h3-4,6-7,11,14-15,19,24-27,32-33,36-37,42-43,47-48,56,63H,5,8-10,12-13,16-18,20-23,28-31H2,1-2H3,(H,55,57)(H,58,64)/t33?,37?,42-,43-,47-,48-/m0/s1. The quantitative estimate of drug-likeness (QED) is 0.0764. The van der Waals surface area contributed by atoms with E-state index in [0.717, 1.165) is 62.5 Å². The number of amides is 1. The fourth-order valence-corrected chi connectivity index (χ4v) is 14.3. The van der Waals surface area contributed by atoms with Crippen molar-refractivity contribution in [1.82, 2.24) is 19.6 Å². The lowest BCUT2D eigenvalue weighted by Gasteiger charge is -2.56. The van der Waals surface area contributed by atoms with Crippen molar-refractivity contribution in [3.63, 3.8) is 0 Å². The van der Waals surface area contributed by atoms with Gasteiger partial charge in [0.1, 0.15) is 24.0 Å². The summed E-state index contributed by atoms with van der Waals surface area (Å²) < 4.78 is 49.7. The molecule has 72 heavy (non-hydrogen) atoms. The zero-order valence-electron chi connectivity index (χ0n) is 40.9. The first-order chi connectivity index (χ1) is 34.8. The van der Waals surface area contributed by atoms with Gasteiger partial charge in [-0.3, -0.25) is 19.8 Å². The third kappa shape index (κ3) is 8.50. The average Bonchev–Trinajstić information content (AvgIpc) is 4.06. The number of sulfonamides is 1. The zero-order chi connectivity index (χ0) is 49.5. The largest absolute Gasteiger partial charge is 0.489 e. The Bertz CT molecular complexity index is 3010. The molecule has 4 atom stereocenters. The number of aromatic nitrogens is 2. The van der Waals surface area contributed by atoms with E-state index >= 15 is 0 Å². The van der Waals surface area contributed by atoms with Crippen LogP contribution in [0.2, 0.25) is 0 Å². The summed E-state index contributed by atoms with van der Waals surface area (Å²) in [6.45, 7) is 8.35. The Balaban J connectivity index is 0.834. The van der Waals surface area contributed by atoms with Crippen molar-refractivity contribution in [2.75, 3.05) is 54.6 Å². The number of pyridine rings is 1.